The zero-order valence-corrected chi connectivity index (χ0v) is 14.4. The molecule has 4 rings (SSSR count). The molecular formula is C19H17ClN2O3. The highest BCUT2D eigenvalue weighted by molar-refractivity contribution is 6.30. The molecule has 0 saturated carbocycles. The van der Waals surface area contributed by atoms with E-state index in [1.807, 2.05) is 18.2 Å². The zero-order chi connectivity index (χ0) is 17.6. The van der Waals surface area contributed by atoms with Crippen molar-refractivity contribution in [1.82, 2.24) is 0 Å². The van der Waals surface area contributed by atoms with Crippen molar-refractivity contribution >= 4 is 23.0 Å². The highest BCUT2D eigenvalue weighted by Crippen LogP contribution is 2.53. The van der Waals surface area contributed by atoms with Crippen molar-refractivity contribution in [2.75, 3.05) is 12.4 Å². The van der Waals surface area contributed by atoms with E-state index < -0.39 is 0 Å². The van der Waals surface area contributed by atoms with Crippen LogP contribution in [0.5, 0.6) is 5.75 Å². The number of hydrogen-bond acceptors (Lipinski definition) is 4. The Bertz CT molecular complexity index is 881. The number of halogens is 1. The van der Waals surface area contributed by atoms with Gasteiger partial charge in [-0.1, -0.05) is 35.9 Å². The molecule has 1 N–H and O–H groups in total. The van der Waals surface area contributed by atoms with Crippen LogP contribution in [-0.2, 0) is 0 Å². The summed E-state index contributed by atoms with van der Waals surface area (Å²) in [4.78, 5) is 10.9. The lowest BCUT2D eigenvalue weighted by atomic mass is 9.76. The fourth-order valence-corrected chi connectivity index (χ4v) is 4.15. The number of nitro groups is 1. The summed E-state index contributed by atoms with van der Waals surface area (Å²) in [6.45, 7) is 0. The molecule has 0 fully saturated rings. The van der Waals surface area contributed by atoms with Gasteiger partial charge in [0.05, 0.1) is 29.8 Å². The molecule has 0 saturated heterocycles. The number of fused-ring (bicyclic) bond motifs is 3. The minimum absolute atomic E-state index is 0.0534. The third-order valence-electron chi connectivity index (χ3n) is 5.06. The average molecular weight is 357 g/mol. The molecule has 3 atom stereocenters. The van der Waals surface area contributed by atoms with E-state index in [0.717, 1.165) is 23.2 Å². The van der Waals surface area contributed by atoms with Crippen molar-refractivity contribution in [2.24, 2.45) is 5.92 Å². The van der Waals surface area contributed by atoms with E-state index in [-0.39, 0.29) is 28.5 Å². The van der Waals surface area contributed by atoms with Gasteiger partial charge in [0.15, 0.2) is 0 Å². The van der Waals surface area contributed by atoms with Crippen LogP contribution < -0.4 is 10.1 Å². The van der Waals surface area contributed by atoms with E-state index in [1.54, 1.807) is 6.07 Å². The van der Waals surface area contributed by atoms with Gasteiger partial charge in [-0.2, -0.15) is 0 Å². The molecule has 2 aliphatic rings. The first-order valence-electron chi connectivity index (χ1n) is 8.13. The van der Waals surface area contributed by atoms with Gasteiger partial charge in [0.2, 0.25) is 0 Å². The second-order valence-corrected chi connectivity index (χ2v) is 6.84. The van der Waals surface area contributed by atoms with Crippen LogP contribution in [0.1, 0.15) is 29.5 Å². The monoisotopic (exact) mass is 356 g/mol. The van der Waals surface area contributed by atoms with Crippen LogP contribution in [0.4, 0.5) is 11.4 Å². The van der Waals surface area contributed by atoms with Crippen LogP contribution in [0.3, 0.4) is 0 Å². The molecule has 128 valence electrons. The van der Waals surface area contributed by atoms with E-state index in [1.165, 1.54) is 13.2 Å². The number of benzene rings is 2. The number of ether oxygens (including phenoxy) is 1. The summed E-state index contributed by atoms with van der Waals surface area (Å²) >= 11 is 6.18. The fourth-order valence-electron chi connectivity index (χ4n) is 3.95. The third-order valence-corrected chi connectivity index (χ3v) is 5.29. The number of nitrogens with one attached hydrogen (secondary N) is 1. The lowest BCUT2D eigenvalue weighted by Gasteiger charge is -2.38. The van der Waals surface area contributed by atoms with Crippen molar-refractivity contribution in [3.8, 4) is 5.75 Å². The number of nitrogens with zero attached hydrogens (tertiary/aromatic N) is 1. The number of methoxy groups -OCH3 is 1. The average Bonchev–Trinajstić information content (AvgIpc) is 3.10. The lowest BCUT2D eigenvalue weighted by Crippen LogP contribution is -2.29. The van der Waals surface area contributed by atoms with Crippen LogP contribution in [0.2, 0.25) is 5.02 Å². The largest absolute Gasteiger partial charge is 0.494 e. The molecule has 5 nitrogen and oxygen atoms in total. The number of rotatable bonds is 3. The summed E-state index contributed by atoms with van der Waals surface area (Å²) in [5.41, 5.74) is 2.91. The van der Waals surface area contributed by atoms with Crippen molar-refractivity contribution < 1.29 is 9.66 Å². The summed E-state index contributed by atoms with van der Waals surface area (Å²) in [6, 6.07) is 11.0. The van der Waals surface area contributed by atoms with E-state index >= 15 is 0 Å². The van der Waals surface area contributed by atoms with Crippen LogP contribution in [0.15, 0.2) is 48.6 Å². The number of non-ortho nitro benzene ring substituents is 1. The first kappa shape index (κ1) is 16.0. The maximum absolute atomic E-state index is 11.3. The second-order valence-electron chi connectivity index (χ2n) is 6.40. The van der Waals surface area contributed by atoms with Gasteiger partial charge in [0.25, 0.3) is 5.69 Å². The Morgan fingerprint density at radius 1 is 1.32 bits per heavy atom. The van der Waals surface area contributed by atoms with Gasteiger partial charge in [-0.25, -0.2) is 0 Å². The van der Waals surface area contributed by atoms with Crippen LogP contribution in [-0.4, -0.2) is 12.0 Å². The van der Waals surface area contributed by atoms with E-state index in [2.05, 4.69) is 23.5 Å². The predicted molar refractivity (Wildman–Crippen MR) is 97.5 cm³/mol. The Hall–Kier alpha value is -2.53. The van der Waals surface area contributed by atoms with Gasteiger partial charge in [-0.05, 0) is 35.6 Å². The molecule has 25 heavy (non-hydrogen) atoms. The number of anilines is 1. The zero-order valence-electron chi connectivity index (χ0n) is 13.6. The normalized spacial score (nSPS) is 23.5. The first-order chi connectivity index (χ1) is 12.1. The Labute approximate surface area is 150 Å². The Balaban J connectivity index is 1.85. The highest BCUT2D eigenvalue weighted by Gasteiger charge is 2.40. The van der Waals surface area contributed by atoms with Gasteiger partial charge in [0.1, 0.15) is 5.75 Å². The molecular weight excluding hydrogens is 340 g/mol. The van der Waals surface area contributed by atoms with Crippen molar-refractivity contribution in [3.63, 3.8) is 0 Å². The fraction of sp³-hybridized carbons (Fsp3) is 0.263. The Morgan fingerprint density at radius 3 is 2.88 bits per heavy atom. The molecule has 2 aromatic rings. The van der Waals surface area contributed by atoms with Gasteiger partial charge in [-0.3, -0.25) is 10.1 Å². The van der Waals surface area contributed by atoms with Crippen LogP contribution in [0, 0.1) is 16.0 Å². The van der Waals surface area contributed by atoms with Gasteiger partial charge >= 0.3 is 0 Å². The van der Waals surface area contributed by atoms with Crippen molar-refractivity contribution in [2.45, 2.75) is 18.4 Å². The van der Waals surface area contributed by atoms with E-state index in [9.17, 15) is 10.1 Å². The molecule has 2 aromatic carbocycles. The number of nitro benzene ring substituents is 1. The molecule has 6 heteroatoms. The highest BCUT2D eigenvalue weighted by atomic mass is 35.5. The second kappa shape index (κ2) is 6.08. The lowest BCUT2D eigenvalue weighted by molar-refractivity contribution is -0.385. The maximum Gasteiger partial charge on any atom is 0.273 e. The van der Waals surface area contributed by atoms with Crippen LogP contribution >= 0.6 is 11.6 Å². The first-order valence-corrected chi connectivity index (χ1v) is 8.51. The molecule has 0 aromatic heterocycles. The number of allylic oxidation sites excluding steroid dienone is 2. The predicted octanol–water partition coefficient (Wildman–Crippen LogP) is 5.08. The molecule has 1 heterocycles. The van der Waals surface area contributed by atoms with E-state index in [0.29, 0.717) is 10.8 Å². The molecule has 0 bridgehead atoms. The SMILES string of the molecule is COc1cc([N+](=O)[O-])cc2c1NC(c1cccc(Cl)c1)C1CC=CC21. The molecule has 1 aliphatic heterocycles. The minimum Gasteiger partial charge on any atom is -0.494 e. The number of hydrogen-bond donors (Lipinski definition) is 1. The molecule has 0 amide bonds. The van der Waals surface area contributed by atoms with Gasteiger partial charge < -0.3 is 10.1 Å². The van der Waals surface area contributed by atoms with Crippen LogP contribution in [0.25, 0.3) is 0 Å². The molecule has 1 aliphatic carbocycles. The Kier molecular flexibility index (Phi) is 3.88. The van der Waals surface area contributed by atoms with E-state index in [4.69, 9.17) is 16.3 Å². The Morgan fingerprint density at radius 2 is 2.16 bits per heavy atom. The summed E-state index contributed by atoms with van der Waals surface area (Å²) in [6.07, 6.45) is 5.21. The molecule has 0 spiro atoms. The summed E-state index contributed by atoms with van der Waals surface area (Å²) in [5, 5.41) is 15.5. The maximum atomic E-state index is 11.3. The van der Waals surface area contributed by atoms with Gasteiger partial charge in [-0.15, -0.1) is 0 Å². The quantitative estimate of drug-likeness (QED) is 0.473. The molecule has 3 unspecified atom stereocenters. The minimum atomic E-state index is -0.375. The third kappa shape index (κ3) is 2.65. The summed E-state index contributed by atoms with van der Waals surface area (Å²) in [7, 11) is 1.53. The van der Waals surface area contributed by atoms with Gasteiger partial charge in [0, 0.05) is 17.0 Å². The topological polar surface area (TPSA) is 64.4 Å². The summed E-state index contributed by atoms with van der Waals surface area (Å²) < 4.78 is 5.44. The molecule has 0 radical (unpaired) electrons. The van der Waals surface area contributed by atoms with Crippen molar-refractivity contribution in [3.05, 3.63) is 74.8 Å². The smallest absolute Gasteiger partial charge is 0.273 e. The summed E-state index contributed by atoms with van der Waals surface area (Å²) in [5.74, 6) is 0.904. The van der Waals surface area contributed by atoms with Crippen molar-refractivity contribution in [1.29, 1.82) is 0 Å². The standard InChI is InChI=1S/C19H17ClN2O3/c1-25-17-10-13(22(23)24)9-16-14-6-3-7-15(14)18(21-19(16)17)11-4-2-5-12(20)8-11/h2-6,8-10,14-15,18,21H,7H2,1H3.